The number of morpholine rings is 1. The smallest absolute Gasteiger partial charge is 0.251 e. The van der Waals surface area contributed by atoms with E-state index in [1.807, 2.05) is 6.92 Å². The Kier molecular flexibility index (Phi) is 6.52. The Labute approximate surface area is 161 Å². The van der Waals surface area contributed by atoms with Gasteiger partial charge in [-0.2, -0.15) is 4.31 Å². The maximum Gasteiger partial charge on any atom is 0.251 e. The highest BCUT2D eigenvalue weighted by molar-refractivity contribution is 7.89. The third kappa shape index (κ3) is 4.34. The average molecular weight is 396 g/mol. The summed E-state index contributed by atoms with van der Waals surface area (Å²) in [5.41, 5.74) is 6.89. The van der Waals surface area contributed by atoms with Gasteiger partial charge in [0.05, 0.1) is 18.1 Å². The first-order valence-corrected chi connectivity index (χ1v) is 11.1. The summed E-state index contributed by atoms with van der Waals surface area (Å²) in [4.78, 5) is 13.0. The maximum atomic E-state index is 13.1. The first-order valence-electron chi connectivity index (χ1n) is 9.69. The van der Waals surface area contributed by atoms with Gasteiger partial charge >= 0.3 is 0 Å². The molecule has 0 bridgehead atoms. The number of hydrogen-bond acceptors (Lipinski definition) is 5. The molecule has 0 aromatic heterocycles. The molecule has 1 aromatic carbocycles. The zero-order valence-corrected chi connectivity index (χ0v) is 16.6. The molecule has 2 fully saturated rings. The number of sulfonamides is 1. The normalized spacial score (nSPS) is 24.1. The number of rotatable bonds is 6. The second-order valence-corrected chi connectivity index (χ2v) is 9.11. The van der Waals surface area contributed by atoms with E-state index in [1.165, 1.54) is 10.4 Å². The van der Waals surface area contributed by atoms with Crippen LogP contribution in [-0.4, -0.2) is 57.5 Å². The van der Waals surface area contributed by atoms with E-state index in [1.54, 1.807) is 12.1 Å². The number of ether oxygens (including phenoxy) is 1. The summed E-state index contributed by atoms with van der Waals surface area (Å²) < 4.78 is 32.9. The quantitative estimate of drug-likeness (QED) is 0.752. The first-order chi connectivity index (χ1) is 13.0. The molecule has 1 heterocycles. The molecule has 3 rings (SSSR count). The van der Waals surface area contributed by atoms with Crippen LogP contribution in [-0.2, 0) is 21.2 Å². The standard InChI is InChI=1S/C19H29N3O4S/c1-2-14-6-7-15(19(23)21-17-5-3-4-16(17)13-20)12-18(14)27(24,25)22-8-10-26-11-9-22/h6-7,12,16-17H,2-5,8-11,13,20H2,1H3,(H,21,23). The largest absolute Gasteiger partial charge is 0.379 e. The number of benzene rings is 1. The molecule has 0 spiro atoms. The van der Waals surface area contributed by atoms with Gasteiger partial charge in [0.2, 0.25) is 10.0 Å². The SMILES string of the molecule is CCc1ccc(C(=O)NC2CCCC2CN)cc1S(=O)(=O)N1CCOCC1. The van der Waals surface area contributed by atoms with Gasteiger partial charge in [-0.3, -0.25) is 4.79 Å². The van der Waals surface area contributed by atoms with Crippen molar-refractivity contribution in [1.82, 2.24) is 9.62 Å². The predicted octanol–water partition coefficient (Wildman–Crippen LogP) is 1.13. The van der Waals surface area contributed by atoms with Crippen molar-refractivity contribution in [2.75, 3.05) is 32.8 Å². The highest BCUT2D eigenvalue weighted by atomic mass is 32.2. The Hall–Kier alpha value is -1.48. The van der Waals surface area contributed by atoms with Crippen LogP contribution in [0.5, 0.6) is 0 Å². The minimum Gasteiger partial charge on any atom is -0.379 e. The van der Waals surface area contributed by atoms with Crippen LogP contribution in [0.2, 0.25) is 0 Å². The van der Waals surface area contributed by atoms with E-state index in [9.17, 15) is 13.2 Å². The molecule has 2 unspecified atom stereocenters. The highest BCUT2D eigenvalue weighted by Crippen LogP contribution is 2.26. The van der Waals surface area contributed by atoms with E-state index < -0.39 is 10.0 Å². The second-order valence-electron chi connectivity index (χ2n) is 7.20. The fourth-order valence-corrected chi connectivity index (χ4v) is 5.64. The van der Waals surface area contributed by atoms with Gasteiger partial charge in [0, 0.05) is 24.7 Å². The molecule has 7 nitrogen and oxygen atoms in total. The van der Waals surface area contributed by atoms with E-state index in [0.29, 0.717) is 50.8 Å². The van der Waals surface area contributed by atoms with Gasteiger partial charge in [0.25, 0.3) is 5.91 Å². The molecule has 1 saturated heterocycles. The van der Waals surface area contributed by atoms with Gasteiger partial charge in [-0.1, -0.05) is 19.4 Å². The Morgan fingerprint density at radius 1 is 1.30 bits per heavy atom. The summed E-state index contributed by atoms with van der Waals surface area (Å²) in [6.45, 7) is 3.92. The van der Waals surface area contributed by atoms with Crippen molar-refractivity contribution >= 4 is 15.9 Å². The van der Waals surface area contributed by atoms with Crippen molar-refractivity contribution in [2.45, 2.75) is 43.5 Å². The molecule has 1 amide bonds. The molecule has 8 heteroatoms. The van der Waals surface area contributed by atoms with Gasteiger partial charge in [0.1, 0.15) is 0 Å². The van der Waals surface area contributed by atoms with Crippen LogP contribution < -0.4 is 11.1 Å². The maximum absolute atomic E-state index is 13.1. The Bertz CT molecular complexity index is 775. The second kappa shape index (κ2) is 8.68. The molecule has 27 heavy (non-hydrogen) atoms. The lowest BCUT2D eigenvalue weighted by molar-refractivity contribution is 0.0730. The molecular formula is C19H29N3O4S. The summed E-state index contributed by atoms with van der Waals surface area (Å²) in [6, 6.07) is 5.04. The van der Waals surface area contributed by atoms with Crippen LogP contribution in [0.15, 0.2) is 23.1 Å². The summed E-state index contributed by atoms with van der Waals surface area (Å²) in [5.74, 6) is 0.0573. The van der Waals surface area contributed by atoms with Crippen LogP contribution in [0, 0.1) is 5.92 Å². The van der Waals surface area contributed by atoms with Crippen LogP contribution in [0.4, 0.5) is 0 Å². The molecule has 2 aliphatic rings. The minimum atomic E-state index is -3.65. The predicted molar refractivity (Wildman–Crippen MR) is 103 cm³/mol. The van der Waals surface area contributed by atoms with Gasteiger partial charge in [0.15, 0.2) is 0 Å². The molecule has 3 N–H and O–H groups in total. The number of hydrogen-bond donors (Lipinski definition) is 2. The van der Waals surface area contributed by atoms with Crippen molar-refractivity contribution < 1.29 is 17.9 Å². The van der Waals surface area contributed by atoms with Crippen molar-refractivity contribution in [1.29, 1.82) is 0 Å². The molecule has 1 aromatic rings. The lowest BCUT2D eigenvalue weighted by Gasteiger charge is -2.27. The van der Waals surface area contributed by atoms with E-state index >= 15 is 0 Å². The summed E-state index contributed by atoms with van der Waals surface area (Å²) >= 11 is 0. The number of carbonyl (C=O) groups is 1. The van der Waals surface area contributed by atoms with Crippen molar-refractivity contribution in [3.63, 3.8) is 0 Å². The number of nitrogens with one attached hydrogen (secondary N) is 1. The molecule has 1 aliphatic carbocycles. The molecular weight excluding hydrogens is 366 g/mol. The average Bonchev–Trinajstić information content (AvgIpc) is 3.15. The minimum absolute atomic E-state index is 0.0626. The van der Waals surface area contributed by atoms with Crippen molar-refractivity contribution in [3.8, 4) is 0 Å². The van der Waals surface area contributed by atoms with Crippen molar-refractivity contribution in [2.24, 2.45) is 11.7 Å². The number of nitrogens with zero attached hydrogens (tertiary/aromatic N) is 1. The highest BCUT2D eigenvalue weighted by Gasteiger charge is 2.30. The molecule has 0 radical (unpaired) electrons. The van der Waals surface area contributed by atoms with Crippen LogP contribution in [0.25, 0.3) is 0 Å². The Balaban J connectivity index is 1.85. The van der Waals surface area contributed by atoms with Crippen LogP contribution >= 0.6 is 0 Å². The molecule has 150 valence electrons. The molecule has 1 aliphatic heterocycles. The zero-order valence-electron chi connectivity index (χ0n) is 15.8. The lowest BCUT2D eigenvalue weighted by atomic mass is 10.0. The van der Waals surface area contributed by atoms with E-state index in [4.69, 9.17) is 10.5 Å². The van der Waals surface area contributed by atoms with Gasteiger partial charge in [-0.25, -0.2) is 8.42 Å². The third-order valence-corrected chi connectivity index (χ3v) is 7.56. The monoisotopic (exact) mass is 395 g/mol. The Morgan fingerprint density at radius 3 is 2.70 bits per heavy atom. The summed E-state index contributed by atoms with van der Waals surface area (Å²) in [5, 5.41) is 3.04. The van der Waals surface area contributed by atoms with E-state index in [2.05, 4.69) is 5.32 Å². The Morgan fingerprint density at radius 2 is 2.04 bits per heavy atom. The van der Waals surface area contributed by atoms with Gasteiger partial charge < -0.3 is 15.8 Å². The summed E-state index contributed by atoms with van der Waals surface area (Å²) in [6.07, 6.45) is 3.57. The van der Waals surface area contributed by atoms with Gasteiger partial charge in [-0.05, 0) is 49.4 Å². The summed E-state index contributed by atoms with van der Waals surface area (Å²) in [7, 11) is -3.65. The van der Waals surface area contributed by atoms with Gasteiger partial charge in [-0.15, -0.1) is 0 Å². The number of amides is 1. The first kappa shape index (κ1) is 20.3. The topological polar surface area (TPSA) is 102 Å². The zero-order chi connectivity index (χ0) is 19.4. The number of nitrogens with two attached hydrogens (primary N) is 1. The van der Waals surface area contributed by atoms with E-state index in [0.717, 1.165) is 24.8 Å². The lowest BCUT2D eigenvalue weighted by Crippen LogP contribution is -2.41. The van der Waals surface area contributed by atoms with Crippen LogP contribution in [0.1, 0.15) is 42.1 Å². The fraction of sp³-hybridized carbons (Fsp3) is 0.632. The third-order valence-electron chi connectivity index (χ3n) is 5.58. The molecule has 2 atom stereocenters. The van der Waals surface area contributed by atoms with Crippen LogP contribution in [0.3, 0.4) is 0 Å². The van der Waals surface area contributed by atoms with E-state index in [-0.39, 0.29) is 16.8 Å². The fourth-order valence-electron chi connectivity index (χ4n) is 3.91. The van der Waals surface area contributed by atoms with Crippen molar-refractivity contribution in [3.05, 3.63) is 29.3 Å². The number of carbonyl (C=O) groups excluding carboxylic acids is 1. The number of aryl methyl sites for hydroxylation is 1. The molecule has 1 saturated carbocycles.